The zero-order chi connectivity index (χ0) is 15.1. The van der Waals surface area contributed by atoms with Crippen LogP contribution in [0.4, 0.5) is 0 Å². The molecule has 1 aromatic rings. The lowest BCUT2D eigenvalue weighted by atomic mass is 10.1. The predicted molar refractivity (Wildman–Crippen MR) is 78.2 cm³/mol. The lowest BCUT2D eigenvalue weighted by Gasteiger charge is -2.11. The number of amides is 2. The lowest BCUT2D eigenvalue weighted by molar-refractivity contribution is -0.139. The number of carbonyl (C=O) groups excluding carboxylic acids is 2. The fourth-order valence-corrected chi connectivity index (χ4v) is 2.22. The average Bonchev–Trinajstić information content (AvgIpc) is 3.03. The van der Waals surface area contributed by atoms with E-state index in [1.54, 1.807) is 0 Å². The van der Waals surface area contributed by atoms with Crippen LogP contribution < -0.4 is 16.4 Å². The summed E-state index contributed by atoms with van der Waals surface area (Å²) in [4.78, 5) is 23.3. The van der Waals surface area contributed by atoms with Gasteiger partial charge >= 0.3 is 11.8 Å². The largest absolute Gasteiger partial charge is 0.376 e. The number of ether oxygens (including phenoxy) is 1. The van der Waals surface area contributed by atoms with Gasteiger partial charge in [-0.1, -0.05) is 24.3 Å². The number of rotatable bonds is 5. The molecule has 0 aromatic heterocycles. The quantitative estimate of drug-likeness (QED) is 0.669. The molecule has 0 aliphatic carbocycles. The van der Waals surface area contributed by atoms with Crippen LogP contribution >= 0.6 is 0 Å². The van der Waals surface area contributed by atoms with Gasteiger partial charge in [0.2, 0.25) is 0 Å². The Balaban J connectivity index is 1.73. The van der Waals surface area contributed by atoms with Crippen molar-refractivity contribution in [3.8, 4) is 0 Å². The van der Waals surface area contributed by atoms with Crippen LogP contribution in [0.2, 0.25) is 0 Å². The Kier molecular flexibility index (Phi) is 5.71. The Morgan fingerprint density at radius 3 is 2.71 bits per heavy atom. The maximum Gasteiger partial charge on any atom is 0.309 e. The minimum absolute atomic E-state index is 0.0305. The van der Waals surface area contributed by atoms with Crippen molar-refractivity contribution in [2.45, 2.75) is 32.0 Å². The van der Waals surface area contributed by atoms with Gasteiger partial charge in [-0.15, -0.1) is 0 Å². The fourth-order valence-electron chi connectivity index (χ4n) is 2.22. The lowest BCUT2D eigenvalue weighted by Crippen LogP contribution is -2.42. The molecule has 6 nitrogen and oxygen atoms in total. The van der Waals surface area contributed by atoms with Crippen LogP contribution in [0.15, 0.2) is 24.3 Å². The third-order valence-electron chi connectivity index (χ3n) is 3.40. The van der Waals surface area contributed by atoms with Crippen molar-refractivity contribution in [1.82, 2.24) is 10.6 Å². The monoisotopic (exact) mass is 291 g/mol. The third kappa shape index (κ3) is 4.84. The molecule has 1 fully saturated rings. The summed E-state index contributed by atoms with van der Waals surface area (Å²) in [7, 11) is 0. The molecule has 6 heteroatoms. The Bertz CT molecular complexity index is 499. The van der Waals surface area contributed by atoms with E-state index in [0.29, 0.717) is 19.6 Å². The van der Waals surface area contributed by atoms with Crippen LogP contribution in [0.25, 0.3) is 0 Å². The molecular formula is C15H21N3O3. The van der Waals surface area contributed by atoms with Gasteiger partial charge in [-0.2, -0.15) is 0 Å². The van der Waals surface area contributed by atoms with Gasteiger partial charge in [0.1, 0.15) is 0 Å². The summed E-state index contributed by atoms with van der Waals surface area (Å²) in [6.45, 7) is 1.86. The minimum Gasteiger partial charge on any atom is -0.376 e. The van der Waals surface area contributed by atoms with Crippen LogP contribution in [0.1, 0.15) is 24.0 Å². The molecule has 0 radical (unpaired) electrons. The highest BCUT2D eigenvalue weighted by Gasteiger charge is 2.18. The zero-order valence-electron chi connectivity index (χ0n) is 11.9. The summed E-state index contributed by atoms with van der Waals surface area (Å²) in [5.41, 5.74) is 7.46. The Morgan fingerprint density at radius 1 is 1.24 bits per heavy atom. The van der Waals surface area contributed by atoms with Gasteiger partial charge in [0.25, 0.3) is 0 Å². The van der Waals surface area contributed by atoms with Gasteiger partial charge in [0, 0.05) is 26.2 Å². The number of nitrogens with two attached hydrogens (primary N) is 1. The molecule has 0 bridgehead atoms. The van der Waals surface area contributed by atoms with Crippen LogP contribution in [0, 0.1) is 0 Å². The van der Waals surface area contributed by atoms with Crippen molar-refractivity contribution < 1.29 is 14.3 Å². The van der Waals surface area contributed by atoms with E-state index in [-0.39, 0.29) is 6.10 Å². The standard InChI is InChI=1S/C15H21N3O3/c16-8-11-3-1-4-12(7-11)9-17-14(19)15(20)18-10-13-5-2-6-21-13/h1,3-4,7,13H,2,5-6,8-10,16H2,(H,17,19)(H,18,20). The van der Waals surface area contributed by atoms with Crippen LogP contribution in [-0.4, -0.2) is 31.1 Å². The summed E-state index contributed by atoms with van der Waals surface area (Å²) in [5.74, 6) is -1.26. The van der Waals surface area contributed by atoms with Gasteiger partial charge in [-0.25, -0.2) is 0 Å². The van der Waals surface area contributed by atoms with E-state index in [9.17, 15) is 9.59 Å². The molecule has 21 heavy (non-hydrogen) atoms. The first kappa shape index (κ1) is 15.5. The van der Waals surface area contributed by atoms with Gasteiger partial charge in [-0.05, 0) is 24.0 Å². The second-order valence-corrected chi connectivity index (χ2v) is 5.05. The molecule has 1 saturated heterocycles. The SMILES string of the molecule is NCc1cccc(CNC(=O)C(=O)NCC2CCCO2)c1. The van der Waals surface area contributed by atoms with E-state index in [4.69, 9.17) is 10.5 Å². The highest BCUT2D eigenvalue weighted by Crippen LogP contribution is 2.10. The molecule has 1 heterocycles. The van der Waals surface area contributed by atoms with Gasteiger partial charge in [0.05, 0.1) is 6.10 Å². The maximum absolute atomic E-state index is 11.7. The smallest absolute Gasteiger partial charge is 0.309 e. The van der Waals surface area contributed by atoms with E-state index in [2.05, 4.69) is 10.6 Å². The van der Waals surface area contributed by atoms with Gasteiger partial charge in [-0.3, -0.25) is 9.59 Å². The fraction of sp³-hybridized carbons (Fsp3) is 0.467. The third-order valence-corrected chi connectivity index (χ3v) is 3.40. The molecule has 4 N–H and O–H groups in total. The van der Waals surface area contributed by atoms with E-state index in [1.165, 1.54) is 0 Å². The molecular weight excluding hydrogens is 270 g/mol. The van der Waals surface area contributed by atoms with Crippen molar-refractivity contribution in [3.63, 3.8) is 0 Å². The molecule has 1 unspecified atom stereocenters. The van der Waals surface area contributed by atoms with Gasteiger partial charge < -0.3 is 21.1 Å². The molecule has 1 aliphatic heterocycles. The van der Waals surface area contributed by atoms with Crippen LogP contribution in [0.5, 0.6) is 0 Å². The van der Waals surface area contributed by atoms with Crippen LogP contribution in [0.3, 0.4) is 0 Å². The normalized spacial score (nSPS) is 17.5. The minimum atomic E-state index is -0.633. The summed E-state index contributed by atoms with van der Waals surface area (Å²) >= 11 is 0. The van der Waals surface area contributed by atoms with E-state index < -0.39 is 11.8 Å². The number of carbonyl (C=O) groups is 2. The van der Waals surface area contributed by atoms with Crippen molar-refractivity contribution in [2.24, 2.45) is 5.73 Å². The zero-order valence-corrected chi connectivity index (χ0v) is 11.9. The first-order valence-electron chi connectivity index (χ1n) is 7.14. The summed E-state index contributed by atoms with van der Waals surface area (Å²) in [5, 5.41) is 5.18. The second kappa shape index (κ2) is 7.75. The number of hydrogen-bond donors (Lipinski definition) is 3. The van der Waals surface area contributed by atoms with Crippen molar-refractivity contribution >= 4 is 11.8 Å². The first-order chi connectivity index (χ1) is 10.2. The highest BCUT2D eigenvalue weighted by molar-refractivity contribution is 6.35. The molecule has 0 saturated carbocycles. The van der Waals surface area contributed by atoms with E-state index >= 15 is 0 Å². The Labute approximate surface area is 124 Å². The maximum atomic E-state index is 11.7. The molecule has 2 rings (SSSR count). The number of hydrogen-bond acceptors (Lipinski definition) is 4. The second-order valence-electron chi connectivity index (χ2n) is 5.05. The highest BCUT2D eigenvalue weighted by atomic mass is 16.5. The summed E-state index contributed by atoms with van der Waals surface area (Å²) in [6, 6.07) is 7.58. The van der Waals surface area contributed by atoms with Crippen molar-refractivity contribution in [2.75, 3.05) is 13.2 Å². The van der Waals surface area contributed by atoms with Crippen LogP contribution in [-0.2, 0) is 27.4 Å². The Morgan fingerprint density at radius 2 is 2.00 bits per heavy atom. The predicted octanol–water partition coefficient (Wildman–Crippen LogP) is 0.0567. The molecule has 114 valence electrons. The number of benzene rings is 1. The van der Waals surface area contributed by atoms with Crippen molar-refractivity contribution in [1.29, 1.82) is 0 Å². The van der Waals surface area contributed by atoms with E-state index in [1.807, 2.05) is 24.3 Å². The topological polar surface area (TPSA) is 93.5 Å². The molecule has 1 atom stereocenters. The summed E-state index contributed by atoms with van der Waals surface area (Å²) in [6.07, 6.45) is 1.96. The number of nitrogens with one attached hydrogen (secondary N) is 2. The van der Waals surface area contributed by atoms with E-state index in [0.717, 1.165) is 30.6 Å². The summed E-state index contributed by atoms with van der Waals surface area (Å²) < 4.78 is 5.38. The molecule has 2 amide bonds. The van der Waals surface area contributed by atoms with Crippen molar-refractivity contribution in [3.05, 3.63) is 35.4 Å². The molecule has 1 aliphatic rings. The molecule has 1 aromatic carbocycles. The molecule has 0 spiro atoms. The Hall–Kier alpha value is -1.92. The first-order valence-corrected chi connectivity index (χ1v) is 7.14. The average molecular weight is 291 g/mol. The van der Waals surface area contributed by atoms with Gasteiger partial charge in [0.15, 0.2) is 0 Å².